The number of carbonyl (C=O) groups excluding carboxylic acids is 2. The van der Waals surface area contributed by atoms with Gasteiger partial charge in [0.2, 0.25) is 5.91 Å². The number of hydrogen-bond acceptors (Lipinski definition) is 5. The number of nitro groups is 1. The number of nitro benzene ring substituents is 1. The zero-order valence-corrected chi connectivity index (χ0v) is 17.8. The van der Waals surface area contributed by atoms with Crippen molar-refractivity contribution in [2.75, 3.05) is 31.1 Å². The molecule has 0 bridgehead atoms. The highest BCUT2D eigenvalue weighted by Crippen LogP contribution is 2.28. The minimum atomic E-state index is -1.00. The lowest BCUT2D eigenvalue weighted by Crippen LogP contribution is -2.56. The maximum atomic E-state index is 14.0. The van der Waals surface area contributed by atoms with E-state index in [0.717, 1.165) is 18.2 Å². The zero-order valence-electron chi connectivity index (χ0n) is 17.8. The van der Waals surface area contributed by atoms with Crippen molar-refractivity contribution in [2.24, 2.45) is 5.92 Å². The first-order chi connectivity index (χ1) is 15.2. The first-order valence-electron chi connectivity index (χ1n) is 10.2. The highest BCUT2D eigenvalue weighted by Gasteiger charge is 2.33. The Labute approximate surface area is 184 Å². The van der Waals surface area contributed by atoms with Crippen LogP contribution in [0.3, 0.4) is 0 Å². The van der Waals surface area contributed by atoms with Crippen molar-refractivity contribution < 1.29 is 23.3 Å². The molecule has 1 aliphatic heterocycles. The Bertz CT molecular complexity index is 1000. The van der Waals surface area contributed by atoms with E-state index in [-0.39, 0.29) is 30.6 Å². The van der Waals surface area contributed by atoms with Crippen molar-refractivity contribution in [1.82, 2.24) is 10.2 Å². The second kappa shape index (κ2) is 9.71. The summed E-state index contributed by atoms with van der Waals surface area (Å²) >= 11 is 0. The van der Waals surface area contributed by atoms with Crippen LogP contribution < -0.4 is 10.2 Å². The third-order valence-corrected chi connectivity index (χ3v) is 5.42. The average Bonchev–Trinajstić information content (AvgIpc) is 2.76. The van der Waals surface area contributed by atoms with Gasteiger partial charge in [0.15, 0.2) is 0 Å². The van der Waals surface area contributed by atoms with Crippen LogP contribution in [0, 0.1) is 27.7 Å². The van der Waals surface area contributed by atoms with E-state index >= 15 is 0 Å². The summed E-state index contributed by atoms with van der Waals surface area (Å²) in [5.74, 6) is -3.70. The molecule has 8 nitrogen and oxygen atoms in total. The summed E-state index contributed by atoms with van der Waals surface area (Å²) in [4.78, 5) is 39.8. The number of amides is 2. The quantitative estimate of drug-likeness (QED) is 0.544. The zero-order chi connectivity index (χ0) is 23.4. The molecule has 2 amide bonds. The number of nitrogens with one attached hydrogen (secondary N) is 1. The van der Waals surface area contributed by atoms with Gasteiger partial charge in [-0.25, -0.2) is 8.78 Å². The van der Waals surface area contributed by atoms with E-state index < -0.39 is 34.1 Å². The van der Waals surface area contributed by atoms with Crippen LogP contribution in [0.25, 0.3) is 0 Å². The van der Waals surface area contributed by atoms with E-state index in [1.165, 1.54) is 6.07 Å². The molecule has 1 unspecified atom stereocenters. The average molecular weight is 446 g/mol. The van der Waals surface area contributed by atoms with Gasteiger partial charge in [-0.15, -0.1) is 0 Å². The SMILES string of the molecule is CC(C)C(NC(=O)c1c(F)cccc1F)C(=O)N1CCN(c2ccccc2[N+](=O)[O-])CC1. The van der Waals surface area contributed by atoms with Gasteiger partial charge in [-0.05, 0) is 24.1 Å². The Morgan fingerprint density at radius 3 is 2.16 bits per heavy atom. The molecule has 1 fully saturated rings. The molecule has 0 aliphatic carbocycles. The lowest BCUT2D eigenvalue weighted by molar-refractivity contribution is -0.384. The van der Waals surface area contributed by atoms with Gasteiger partial charge < -0.3 is 15.1 Å². The monoisotopic (exact) mass is 446 g/mol. The van der Waals surface area contributed by atoms with Crippen LogP contribution in [0.15, 0.2) is 42.5 Å². The summed E-state index contributed by atoms with van der Waals surface area (Å²) in [6.07, 6.45) is 0. The van der Waals surface area contributed by atoms with Crippen LogP contribution in [-0.2, 0) is 4.79 Å². The van der Waals surface area contributed by atoms with E-state index in [4.69, 9.17) is 0 Å². The Kier molecular flexibility index (Phi) is 7.01. The molecule has 170 valence electrons. The standard InChI is InChI=1S/C22H24F2N4O4/c1-14(2)20(25-21(29)19-15(23)6-5-7-16(19)24)22(30)27-12-10-26(11-13-27)17-8-3-4-9-18(17)28(31)32/h3-9,14,20H,10-13H2,1-2H3,(H,25,29). The van der Waals surface area contributed by atoms with Crippen LogP contribution >= 0.6 is 0 Å². The summed E-state index contributed by atoms with van der Waals surface area (Å²) < 4.78 is 27.9. The minimum absolute atomic E-state index is 0.00786. The first kappa shape index (κ1) is 23.1. The van der Waals surface area contributed by atoms with Crippen LogP contribution in [-0.4, -0.2) is 53.9 Å². The Morgan fingerprint density at radius 2 is 1.59 bits per heavy atom. The van der Waals surface area contributed by atoms with E-state index in [1.54, 1.807) is 36.9 Å². The molecule has 1 saturated heterocycles. The van der Waals surface area contributed by atoms with Gasteiger partial charge in [0.05, 0.1) is 4.92 Å². The predicted molar refractivity (Wildman–Crippen MR) is 114 cm³/mol. The van der Waals surface area contributed by atoms with Gasteiger partial charge in [-0.3, -0.25) is 19.7 Å². The van der Waals surface area contributed by atoms with Crippen molar-refractivity contribution in [3.8, 4) is 0 Å². The van der Waals surface area contributed by atoms with Crippen LogP contribution in [0.2, 0.25) is 0 Å². The molecule has 32 heavy (non-hydrogen) atoms. The van der Waals surface area contributed by atoms with E-state index in [9.17, 15) is 28.5 Å². The summed E-state index contributed by atoms with van der Waals surface area (Å²) in [5.41, 5.74) is -0.257. The summed E-state index contributed by atoms with van der Waals surface area (Å²) in [5, 5.41) is 13.8. The summed E-state index contributed by atoms with van der Waals surface area (Å²) in [7, 11) is 0. The number of halogens is 2. The largest absolute Gasteiger partial charge is 0.362 e. The Balaban J connectivity index is 1.70. The van der Waals surface area contributed by atoms with Gasteiger partial charge >= 0.3 is 0 Å². The number of nitrogens with zero attached hydrogens (tertiary/aromatic N) is 3. The number of piperazine rings is 1. The fraction of sp³-hybridized carbons (Fsp3) is 0.364. The Hall–Kier alpha value is -3.56. The van der Waals surface area contributed by atoms with Crippen molar-refractivity contribution >= 4 is 23.2 Å². The number of rotatable bonds is 6. The molecule has 0 saturated carbocycles. The molecule has 2 aromatic rings. The molecule has 0 spiro atoms. The van der Waals surface area contributed by atoms with Crippen molar-refractivity contribution in [2.45, 2.75) is 19.9 Å². The molecule has 1 atom stereocenters. The van der Waals surface area contributed by atoms with Crippen molar-refractivity contribution in [1.29, 1.82) is 0 Å². The van der Waals surface area contributed by atoms with Crippen molar-refractivity contribution in [3.05, 3.63) is 69.8 Å². The molecule has 10 heteroatoms. The summed E-state index contributed by atoms with van der Waals surface area (Å²) in [6.45, 7) is 4.78. The van der Waals surface area contributed by atoms with Crippen LogP contribution in [0.1, 0.15) is 24.2 Å². The molecule has 1 N–H and O–H groups in total. The second-order valence-corrected chi connectivity index (χ2v) is 7.85. The van der Waals surface area contributed by atoms with Gasteiger partial charge in [0.1, 0.15) is 28.9 Å². The van der Waals surface area contributed by atoms with Gasteiger partial charge in [-0.2, -0.15) is 0 Å². The highest BCUT2D eigenvalue weighted by atomic mass is 19.1. The predicted octanol–water partition coefficient (Wildman–Crippen LogP) is 2.98. The minimum Gasteiger partial charge on any atom is -0.362 e. The van der Waals surface area contributed by atoms with E-state index in [2.05, 4.69) is 5.32 Å². The number of carbonyl (C=O) groups is 2. The van der Waals surface area contributed by atoms with Gasteiger partial charge in [0, 0.05) is 32.2 Å². The molecular formula is C22H24F2N4O4. The first-order valence-corrected chi connectivity index (χ1v) is 10.2. The maximum absolute atomic E-state index is 14.0. The smallest absolute Gasteiger partial charge is 0.292 e. The highest BCUT2D eigenvalue weighted by molar-refractivity contribution is 5.98. The van der Waals surface area contributed by atoms with Gasteiger partial charge in [-0.1, -0.05) is 32.0 Å². The molecule has 1 heterocycles. The van der Waals surface area contributed by atoms with Crippen LogP contribution in [0.4, 0.5) is 20.2 Å². The number of benzene rings is 2. The maximum Gasteiger partial charge on any atom is 0.292 e. The summed E-state index contributed by atoms with van der Waals surface area (Å²) in [6, 6.07) is 8.54. The molecular weight excluding hydrogens is 422 g/mol. The number of para-hydroxylation sites is 2. The Morgan fingerprint density at radius 1 is 1.00 bits per heavy atom. The third kappa shape index (κ3) is 4.84. The molecule has 2 aromatic carbocycles. The van der Waals surface area contributed by atoms with Crippen LogP contribution in [0.5, 0.6) is 0 Å². The van der Waals surface area contributed by atoms with E-state index in [0.29, 0.717) is 18.8 Å². The molecule has 3 rings (SSSR count). The lowest BCUT2D eigenvalue weighted by Gasteiger charge is -2.38. The third-order valence-electron chi connectivity index (χ3n) is 5.42. The van der Waals surface area contributed by atoms with Crippen molar-refractivity contribution in [3.63, 3.8) is 0 Å². The van der Waals surface area contributed by atoms with Gasteiger partial charge in [0.25, 0.3) is 11.6 Å². The fourth-order valence-corrected chi connectivity index (χ4v) is 3.69. The molecule has 0 radical (unpaired) electrons. The van der Waals surface area contributed by atoms with E-state index in [1.807, 2.05) is 4.90 Å². The lowest BCUT2D eigenvalue weighted by atomic mass is 10.0. The normalized spacial score (nSPS) is 14.9. The number of anilines is 1. The fourth-order valence-electron chi connectivity index (χ4n) is 3.69. The molecule has 1 aliphatic rings. The molecule has 0 aromatic heterocycles. The number of hydrogen-bond donors (Lipinski definition) is 1. The topological polar surface area (TPSA) is 95.8 Å². The second-order valence-electron chi connectivity index (χ2n) is 7.85.